The van der Waals surface area contributed by atoms with Crippen molar-refractivity contribution in [2.24, 2.45) is 0 Å². The van der Waals surface area contributed by atoms with Crippen molar-refractivity contribution in [1.82, 2.24) is 14.9 Å². The molecule has 2 aromatic carbocycles. The number of halogens is 2. The summed E-state index contributed by atoms with van der Waals surface area (Å²) in [5, 5.41) is 3.17. The Labute approximate surface area is 200 Å². The van der Waals surface area contributed by atoms with Crippen LogP contribution in [0.5, 0.6) is 11.5 Å². The first-order chi connectivity index (χ1) is 16.8. The van der Waals surface area contributed by atoms with Crippen molar-refractivity contribution in [3.8, 4) is 11.5 Å². The second-order valence-corrected chi connectivity index (χ2v) is 8.77. The number of piperidine rings is 1. The summed E-state index contributed by atoms with van der Waals surface area (Å²) in [6.45, 7) is 2.03. The van der Waals surface area contributed by atoms with Crippen molar-refractivity contribution >= 4 is 34.2 Å². The van der Waals surface area contributed by atoms with Crippen LogP contribution in [0.1, 0.15) is 12.8 Å². The number of ether oxygens (including phenoxy) is 3. The van der Waals surface area contributed by atoms with Crippen molar-refractivity contribution in [2.45, 2.75) is 18.4 Å². The molecule has 0 aliphatic carbocycles. The lowest BCUT2D eigenvalue weighted by Crippen LogP contribution is -2.45. The van der Waals surface area contributed by atoms with E-state index in [1.165, 1.54) is 31.5 Å². The molecule has 1 N–H and O–H groups in total. The van der Waals surface area contributed by atoms with Gasteiger partial charge in [-0.3, -0.25) is 4.90 Å². The minimum Gasteiger partial charge on any atom is -0.494 e. The first-order valence-electron chi connectivity index (χ1n) is 11.1. The fourth-order valence-electron chi connectivity index (χ4n) is 4.57. The predicted octanol–water partition coefficient (Wildman–Crippen LogP) is 4.09. The van der Waals surface area contributed by atoms with Crippen LogP contribution in [0, 0.1) is 11.6 Å². The zero-order chi connectivity index (χ0) is 24.7. The van der Waals surface area contributed by atoms with E-state index in [1.807, 2.05) is 7.05 Å². The van der Waals surface area contributed by atoms with E-state index < -0.39 is 29.0 Å². The van der Waals surface area contributed by atoms with Crippen molar-refractivity contribution in [1.29, 1.82) is 0 Å². The number of hydrogen-bond donors (Lipinski definition) is 1. The fraction of sp³-hybridized carbons (Fsp3) is 0.375. The lowest BCUT2D eigenvalue weighted by Gasteiger charge is -2.35. The van der Waals surface area contributed by atoms with Crippen LogP contribution >= 0.6 is 0 Å². The Bertz CT molecular complexity index is 1300. The summed E-state index contributed by atoms with van der Waals surface area (Å²) < 4.78 is 45.6. The zero-order valence-corrected chi connectivity index (χ0v) is 19.6. The van der Waals surface area contributed by atoms with Gasteiger partial charge in [-0.1, -0.05) is 0 Å². The lowest BCUT2D eigenvalue weighted by molar-refractivity contribution is 0.00678. The molecule has 3 aromatic rings. The van der Waals surface area contributed by atoms with Crippen LogP contribution < -0.4 is 19.7 Å². The smallest absolute Gasteiger partial charge is 0.415 e. The number of anilines is 3. The molecule has 0 atom stereocenters. The number of methoxy groups -OCH3 is 2. The van der Waals surface area contributed by atoms with Gasteiger partial charge in [0, 0.05) is 37.4 Å². The summed E-state index contributed by atoms with van der Waals surface area (Å²) in [6, 6.07) is 5.63. The van der Waals surface area contributed by atoms with Crippen LogP contribution in [0.15, 0.2) is 30.6 Å². The second-order valence-electron chi connectivity index (χ2n) is 8.77. The minimum atomic E-state index is -0.889. The van der Waals surface area contributed by atoms with Gasteiger partial charge in [0.05, 0.1) is 32.0 Å². The predicted molar refractivity (Wildman–Crippen MR) is 126 cm³/mol. The Morgan fingerprint density at radius 2 is 1.83 bits per heavy atom. The Morgan fingerprint density at radius 1 is 1.09 bits per heavy atom. The van der Waals surface area contributed by atoms with Gasteiger partial charge in [0.25, 0.3) is 0 Å². The van der Waals surface area contributed by atoms with Gasteiger partial charge in [-0.05, 0) is 25.2 Å². The second kappa shape index (κ2) is 8.81. The van der Waals surface area contributed by atoms with Gasteiger partial charge in [0.2, 0.25) is 0 Å². The Kier molecular flexibility index (Phi) is 5.79. The van der Waals surface area contributed by atoms with Gasteiger partial charge < -0.3 is 24.4 Å². The number of carbonyl (C=O) groups excluding carboxylic acids is 1. The van der Waals surface area contributed by atoms with Crippen LogP contribution in [0.2, 0.25) is 0 Å². The average Bonchev–Trinajstić information content (AvgIpc) is 3.18. The van der Waals surface area contributed by atoms with Crippen molar-refractivity contribution in [2.75, 3.05) is 51.1 Å². The number of carbonyl (C=O) groups is 1. The van der Waals surface area contributed by atoms with Crippen LogP contribution in [-0.2, 0) is 4.74 Å². The van der Waals surface area contributed by atoms with E-state index in [0.29, 0.717) is 28.9 Å². The molecular weight excluding hydrogens is 460 g/mol. The standard InChI is InChI=1S/C24H25F2N5O4/c1-30-8-6-24(7-9-30)12-31(23(32)35-24)17-10-14-16(11-19(17)34-3)27-13-28-22(14)29-21-15(25)4-5-18(33-2)20(21)26/h4-5,10-11,13H,6-9,12H2,1-3H3,(H,27,28,29). The molecule has 184 valence electrons. The maximum absolute atomic E-state index is 14.8. The van der Waals surface area contributed by atoms with Crippen molar-refractivity contribution in [3.05, 3.63) is 42.2 Å². The fourth-order valence-corrected chi connectivity index (χ4v) is 4.57. The third-order valence-electron chi connectivity index (χ3n) is 6.61. The summed E-state index contributed by atoms with van der Waals surface area (Å²) in [5.41, 5.74) is -0.0452. The topological polar surface area (TPSA) is 89.1 Å². The van der Waals surface area contributed by atoms with Crippen LogP contribution in [0.3, 0.4) is 0 Å². The van der Waals surface area contributed by atoms with E-state index in [9.17, 15) is 13.6 Å². The molecule has 2 saturated heterocycles. The largest absolute Gasteiger partial charge is 0.494 e. The Morgan fingerprint density at radius 3 is 2.54 bits per heavy atom. The zero-order valence-electron chi connectivity index (χ0n) is 19.6. The summed E-state index contributed by atoms with van der Waals surface area (Å²) in [7, 11) is 4.83. The van der Waals surface area contributed by atoms with Gasteiger partial charge in [0.15, 0.2) is 11.6 Å². The molecule has 2 aliphatic rings. The van der Waals surface area contributed by atoms with E-state index in [2.05, 4.69) is 20.2 Å². The number of nitrogens with zero attached hydrogens (tertiary/aromatic N) is 4. The number of fused-ring (bicyclic) bond motifs is 1. The van der Waals surface area contributed by atoms with Gasteiger partial charge in [-0.15, -0.1) is 0 Å². The number of amides is 1. The van der Waals surface area contributed by atoms with Crippen molar-refractivity contribution < 1.29 is 27.8 Å². The van der Waals surface area contributed by atoms with Gasteiger partial charge in [0.1, 0.15) is 35.0 Å². The van der Waals surface area contributed by atoms with Crippen LogP contribution in [0.4, 0.5) is 30.8 Å². The van der Waals surface area contributed by atoms with E-state index >= 15 is 0 Å². The van der Waals surface area contributed by atoms with Gasteiger partial charge >= 0.3 is 6.09 Å². The number of benzene rings is 2. The highest BCUT2D eigenvalue weighted by Crippen LogP contribution is 2.41. The number of nitrogens with one attached hydrogen (secondary N) is 1. The van der Waals surface area contributed by atoms with Crippen LogP contribution in [0.25, 0.3) is 10.9 Å². The maximum Gasteiger partial charge on any atom is 0.415 e. The monoisotopic (exact) mass is 485 g/mol. The molecule has 0 bridgehead atoms. The molecule has 35 heavy (non-hydrogen) atoms. The summed E-state index contributed by atoms with van der Waals surface area (Å²) >= 11 is 0. The molecule has 11 heteroatoms. The average molecular weight is 485 g/mol. The molecule has 1 amide bonds. The number of likely N-dealkylation sites (tertiary alicyclic amines) is 1. The quantitative estimate of drug-likeness (QED) is 0.578. The minimum absolute atomic E-state index is 0.113. The van der Waals surface area contributed by atoms with Gasteiger partial charge in [-0.2, -0.15) is 0 Å². The summed E-state index contributed by atoms with van der Waals surface area (Å²) in [4.78, 5) is 25.1. The third kappa shape index (κ3) is 4.05. The maximum atomic E-state index is 14.8. The highest BCUT2D eigenvalue weighted by molar-refractivity contribution is 6.00. The highest BCUT2D eigenvalue weighted by atomic mass is 19.1. The highest BCUT2D eigenvalue weighted by Gasteiger charge is 2.47. The first kappa shape index (κ1) is 23.0. The molecule has 1 spiro atoms. The summed E-state index contributed by atoms with van der Waals surface area (Å²) in [5.74, 6) is -1.23. The summed E-state index contributed by atoms with van der Waals surface area (Å²) in [6.07, 6.45) is 2.26. The first-order valence-corrected chi connectivity index (χ1v) is 11.1. The number of rotatable bonds is 5. The Balaban J connectivity index is 1.56. The van der Waals surface area contributed by atoms with E-state index in [0.717, 1.165) is 32.0 Å². The SMILES string of the molecule is COc1cc2ncnc(Nc3c(F)ccc(OC)c3F)c2cc1N1CC2(CCN(C)CC2)OC1=O. The van der Waals surface area contributed by atoms with Crippen LogP contribution in [-0.4, -0.2) is 67.5 Å². The van der Waals surface area contributed by atoms with E-state index in [-0.39, 0.29) is 11.6 Å². The molecule has 5 rings (SSSR count). The molecule has 0 saturated carbocycles. The molecule has 9 nitrogen and oxygen atoms in total. The molecule has 1 aromatic heterocycles. The Hall–Kier alpha value is -3.73. The van der Waals surface area contributed by atoms with E-state index in [4.69, 9.17) is 14.2 Å². The normalized spacial score (nSPS) is 17.6. The third-order valence-corrected chi connectivity index (χ3v) is 6.61. The number of hydrogen-bond acceptors (Lipinski definition) is 8. The molecule has 2 fully saturated rings. The molecule has 0 unspecified atom stereocenters. The number of aromatic nitrogens is 2. The van der Waals surface area contributed by atoms with E-state index in [1.54, 1.807) is 12.1 Å². The molecular formula is C24H25F2N5O4. The lowest BCUT2D eigenvalue weighted by atomic mass is 9.91. The van der Waals surface area contributed by atoms with Crippen molar-refractivity contribution in [3.63, 3.8) is 0 Å². The van der Waals surface area contributed by atoms with Gasteiger partial charge in [-0.25, -0.2) is 23.5 Å². The molecule has 3 heterocycles. The molecule has 0 radical (unpaired) electrons. The molecule has 2 aliphatic heterocycles.